The molecule has 35 heavy (non-hydrogen) atoms. The van der Waals surface area contributed by atoms with Gasteiger partial charge in [-0.1, -0.05) is 23.7 Å². The Hall–Kier alpha value is -4.04. The molecule has 1 aliphatic heterocycles. The molecule has 0 fully saturated rings. The molecule has 0 radical (unpaired) electrons. The Morgan fingerprint density at radius 2 is 2.00 bits per heavy atom. The van der Waals surface area contributed by atoms with Crippen molar-refractivity contribution in [1.82, 2.24) is 20.1 Å². The number of carbonyl (C=O) groups is 1. The van der Waals surface area contributed by atoms with Crippen molar-refractivity contribution >= 4 is 17.5 Å². The molecule has 1 atom stereocenters. The number of hydrogen-bond acceptors (Lipinski definition) is 6. The second kappa shape index (κ2) is 8.96. The topological polar surface area (TPSA) is 112 Å². The lowest BCUT2D eigenvalue weighted by atomic mass is 9.95. The predicted molar refractivity (Wildman–Crippen MR) is 131 cm³/mol. The first-order valence-electron chi connectivity index (χ1n) is 11.1. The summed E-state index contributed by atoms with van der Waals surface area (Å²) in [4.78, 5) is 19.5. The Morgan fingerprint density at radius 3 is 2.74 bits per heavy atom. The maximum atomic E-state index is 13.6. The highest BCUT2D eigenvalue weighted by atomic mass is 35.5. The molecule has 0 aliphatic carbocycles. The van der Waals surface area contributed by atoms with Crippen molar-refractivity contribution in [3.05, 3.63) is 87.8 Å². The summed E-state index contributed by atoms with van der Waals surface area (Å²) in [5, 5.41) is 28.7. The van der Waals surface area contributed by atoms with Crippen LogP contribution < -0.4 is 4.74 Å². The lowest BCUT2D eigenvalue weighted by molar-refractivity contribution is 0.0729. The van der Waals surface area contributed by atoms with E-state index in [4.69, 9.17) is 16.3 Å². The number of nitrogens with one attached hydrogen (secondary N) is 1. The summed E-state index contributed by atoms with van der Waals surface area (Å²) >= 11 is 6.37. The SMILES string of the molecule is CCOc1cc([C@@H]2c3c(-c4cc(Cl)c(C)cc4O)n[nH]c3C(=O)N2Cc2cccnc2)ccc1O. The molecule has 3 heterocycles. The summed E-state index contributed by atoms with van der Waals surface area (Å²) in [6, 6.07) is 11.4. The molecule has 8 nitrogen and oxygen atoms in total. The van der Waals surface area contributed by atoms with E-state index in [0.29, 0.717) is 46.4 Å². The molecule has 0 saturated carbocycles. The average Bonchev–Trinajstić information content (AvgIpc) is 3.38. The van der Waals surface area contributed by atoms with Gasteiger partial charge < -0.3 is 19.8 Å². The number of phenolic OH excluding ortho intramolecular Hbond substituents is 2. The highest BCUT2D eigenvalue weighted by Crippen LogP contribution is 2.47. The molecular formula is C26H23ClN4O4. The minimum atomic E-state index is -0.564. The zero-order valence-electron chi connectivity index (χ0n) is 19.1. The van der Waals surface area contributed by atoms with Gasteiger partial charge in [-0.3, -0.25) is 14.9 Å². The Labute approximate surface area is 206 Å². The maximum Gasteiger partial charge on any atom is 0.273 e. The van der Waals surface area contributed by atoms with Crippen molar-refractivity contribution in [2.45, 2.75) is 26.4 Å². The molecular weight excluding hydrogens is 468 g/mol. The fourth-order valence-corrected chi connectivity index (χ4v) is 4.59. The fraction of sp³-hybridized carbons (Fsp3) is 0.192. The van der Waals surface area contributed by atoms with Crippen LogP contribution in [-0.4, -0.2) is 42.8 Å². The highest BCUT2D eigenvalue weighted by Gasteiger charge is 2.43. The van der Waals surface area contributed by atoms with Crippen LogP contribution in [0, 0.1) is 6.92 Å². The summed E-state index contributed by atoms with van der Waals surface area (Å²) in [5.41, 5.74) is 4.10. The minimum Gasteiger partial charge on any atom is -0.507 e. The second-order valence-corrected chi connectivity index (χ2v) is 8.74. The molecule has 3 N–H and O–H groups in total. The summed E-state index contributed by atoms with van der Waals surface area (Å²) in [6.45, 7) is 4.30. The zero-order chi connectivity index (χ0) is 24.7. The van der Waals surface area contributed by atoms with E-state index < -0.39 is 6.04 Å². The van der Waals surface area contributed by atoms with Crippen LogP contribution in [0.5, 0.6) is 17.2 Å². The third-order valence-electron chi connectivity index (χ3n) is 6.07. The molecule has 178 valence electrons. The first-order chi connectivity index (χ1) is 16.9. The van der Waals surface area contributed by atoms with Crippen LogP contribution in [0.3, 0.4) is 0 Å². The van der Waals surface area contributed by atoms with Crippen molar-refractivity contribution in [2.24, 2.45) is 0 Å². The van der Waals surface area contributed by atoms with E-state index in [0.717, 1.165) is 16.7 Å². The van der Waals surface area contributed by atoms with Crippen LogP contribution in [0.4, 0.5) is 0 Å². The number of aromatic amines is 1. The van der Waals surface area contributed by atoms with E-state index in [-0.39, 0.29) is 17.4 Å². The van der Waals surface area contributed by atoms with Crippen LogP contribution in [0.1, 0.15) is 45.7 Å². The van der Waals surface area contributed by atoms with E-state index in [2.05, 4.69) is 15.2 Å². The summed E-state index contributed by atoms with van der Waals surface area (Å²) in [5.74, 6) is 0.1000. The van der Waals surface area contributed by atoms with E-state index in [1.54, 1.807) is 54.5 Å². The van der Waals surface area contributed by atoms with E-state index >= 15 is 0 Å². The first-order valence-corrected chi connectivity index (χ1v) is 11.5. The lowest BCUT2D eigenvalue weighted by Crippen LogP contribution is -2.29. The number of carbonyl (C=O) groups excluding carboxylic acids is 1. The molecule has 1 aliphatic rings. The van der Waals surface area contributed by atoms with E-state index in [1.165, 1.54) is 0 Å². The number of benzene rings is 2. The number of rotatable bonds is 6. The number of aromatic hydroxyl groups is 2. The van der Waals surface area contributed by atoms with Crippen molar-refractivity contribution < 1.29 is 19.7 Å². The molecule has 0 unspecified atom stereocenters. The van der Waals surface area contributed by atoms with Gasteiger partial charge in [-0.15, -0.1) is 0 Å². The van der Waals surface area contributed by atoms with Crippen molar-refractivity contribution in [1.29, 1.82) is 0 Å². The molecule has 5 rings (SSSR count). The number of amides is 1. The van der Waals surface area contributed by atoms with Crippen molar-refractivity contribution in [3.63, 3.8) is 0 Å². The molecule has 9 heteroatoms. The number of halogens is 1. The van der Waals surface area contributed by atoms with Gasteiger partial charge in [-0.25, -0.2) is 0 Å². The van der Waals surface area contributed by atoms with E-state index in [9.17, 15) is 15.0 Å². The number of aryl methyl sites for hydroxylation is 1. The normalized spacial score (nSPS) is 14.9. The number of H-pyrrole nitrogens is 1. The monoisotopic (exact) mass is 490 g/mol. The predicted octanol–water partition coefficient (Wildman–Crippen LogP) is 4.99. The molecule has 2 aromatic carbocycles. The Morgan fingerprint density at radius 1 is 1.17 bits per heavy atom. The molecule has 0 saturated heterocycles. The first kappa shape index (κ1) is 22.7. The van der Waals surface area contributed by atoms with E-state index in [1.807, 2.05) is 19.1 Å². The second-order valence-electron chi connectivity index (χ2n) is 8.34. The molecule has 0 spiro atoms. The lowest BCUT2D eigenvalue weighted by Gasteiger charge is -2.27. The van der Waals surface area contributed by atoms with Crippen LogP contribution in [-0.2, 0) is 6.54 Å². The van der Waals surface area contributed by atoms with Crippen molar-refractivity contribution in [3.8, 4) is 28.5 Å². The summed E-state index contributed by atoms with van der Waals surface area (Å²) < 4.78 is 5.61. The zero-order valence-corrected chi connectivity index (χ0v) is 19.9. The summed E-state index contributed by atoms with van der Waals surface area (Å²) in [7, 11) is 0. The molecule has 2 aromatic heterocycles. The van der Waals surface area contributed by atoms with Gasteiger partial charge in [0.1, 0.15) is 17.1 Å². The Bertz CT molecular complexity index is 1420. The number of hydrogen-bond donors (Lipinski definition) is 3. The third-order valence-corrected chi connectivity index (χ3v) is 6.48. The fourth-order valence-electron chi connectivity index (χ4n) is 4.43. The van der Waals surface area contributed by atoms with Gasteiger partial charge in [-0.05, 0) is 60.9 Å². The number of aromatic nitrogens is 3. The highest BCUT2D eigenvalue weighted by molar-refractivity contribution is 6.31. The van der Waals surface area contributed by atoms with Crippen LogP contribution in [0.25, 0.3) is 11.3 Å². The average molecular weight is 491 g/mol. The number of ether oxygens (including phenoxy) is 1. The Kier molecular flexibility index (Phi) is 5.82. The minimum absolute atomic E-state index is 0.00864. The largest absolute Gasteiger partial charge is 0.507 e. The van der Waals surface area contributed by atoms with Gasteiger partial charge in [0.25, 0.3) is 5.91 Å². The van der Waals surface area contributed by atoms with Gasteiger partial charge >= 0.3 is 0 Å². The molecule has 4 aromatic rings. The standard InChI is InChI=1S/C26H23ClN4O4/c1-3-35-21-10-16(6-7-19(21)32)25-22-23(17-11-18(27)14(2)9-20(17)33)29-30-24(22)26(34)31(25)13-15-5-4-8-28-12-15/h4-12,25,32-33H,3,13H2,1-2H3,(H,29,30)/t25-/m1/s1. The number of phenols is 2. The third kappa shape index (κ3) is 3.95. The number of pyridine rings is 1. The summed E-state index contributed by atoms with van der Waals surface area (Å²) in [6.07, 6.45) is 3.39. The molecule has 0 bridgehead atoms. The van der Waals surface area contributed by atoms with Gasteiger partial charge in [0.2, 0.25) is 0 Å². The van der Waals surface area contributed by atoms with Crippen LogP contribution >= 0.6 is 11.6 Å². The van der Waals surface area contributed by atoms with Gasteiger partial charge in [0.05, 0.1) is 12.6 Å². The smallest absolute Gasteiger partial charge is 0.273 e. The van der Waals surface area contributed by atoms with Crippen LogP contribution in [0.2, 0.25) is 5.02 Å². The Balaban J connectivity index is 1.69. The van der Waals surface area contributed by atoms with Gasteiger partial charge in [0, 0.05) is 35.1 Å². The quantitative estimate of drug-likeness (QED) is 0.351. The van der Waals surface area contributed by atoms with Crippen LogP contribution in [0.15, 0.2) is 54.9 Å². The number of nitrogens with zero attached hydrogens (tertiary/aromatic N) is 3. The maximum absolute atomic E-state index is 13.6. The van der Waals surface area contributed by atoms with Gasteiger partial charge in [-0.2, -0.15) is 5.10 Å². The van der Waals surface area contributed by atoms with Gasteiger partial charge in [0.15, 0.2) is 11.5 Å². The molecule has 1 amide bonds. The van der Waals surface area contributed by atoms with Crippen molar-refractivity contribution in [2.75, 3.05) is 6.61 Å². The number of fused-ring (bicyclic) bond motifs is 1.